The van der Waals surface area contributed by atoms with E-state index in [1.165, 1.54) is 21.9 Å². The molecule has 8 aromatic rings. The van der Waals surface area contributed by atoms with Gasteiger partial charge in [0, 0.05) is 27.5 Å². The van der Waals surface area contributed by atoms with E-state index in [0.29, 0.717) is 5.84 Å². The van der Waals surface area contributed by atoms with Gasteiger partial charge >= 0.3 is 0 Å². The molecule has 0 bridgehead atoms. The van der Waals surface area contributed by atoms with E-state index >= 15 is 0 Å². The Hall–Kier alpha value is -6.58. The maximum atomic E-state index is 6.53. The van der Waals surface area contributed by atoms with E-state index in [4.69, 9.17) is 14.4 Å². The lowest BCUT2D eigenvalue weighted by atomic mass is 9.96. The van der Waals surface area contributed by atoms with Crippen molar-refractivity contribution in [2.24, 2.45) is 9.98 Å². The van der Waals surface area contributed by atoms with Crippen molar-refractivity contribution in [3.63, 3.8) is 0 Å². The highest BCUT2D eigenvalue weighted by Crippen LogP contribution is 2.36. The average Bonchev–Trinajstić information content (AvgIpc) is 3.54. The van der Waals surface area contributed by atoms with Crippen LogP contribution in [0.15, 0.2) is 196 Å². The Morgan fingerprint density at radius 1 is 0.429 bits per heavy atom. The van der Waals surface area contributed by atoms with Crippen LogP contribution < -0.4 is 0 Å². The first-order chi connectivity index (χ1) is 24.3. The van der Waals surface area contributed by atoms with E-state index in [9.17, 15) is 0 Å². The number of hydrogen-bond donors (Lipinski definition) is 0. The van der Waals surface area contributed by atoms with Crippen molar-refractivity contribution in [2.75, 3.05) is 0 Å². The molecule has 1 aliphatic rings. The predicted octanol–water partition coefficient (Wildman–Crippen LogP) is 11.9. The summed E-state index contributed by atoms with van der Waals surface area (Å²) < 4.78 is 6.53. The Morgan fingerprint density at radius 2 is 1.10 bits per heavy atom. The van der Waals surface area contributed by atoms with Gasteiger partial charge in [-0.2, -0.15) is 0 Å². The number of furan rings is 1. The van der Waals surface area contributed by atoms with Gasteiger partial charge in [0.15, 0.2) is 5.84 Å². The number of aliphatic imine (C=N–C) groups is 2. The molecular formula is C46H30N2O. The first-order valence-electron chi connectivity index (χ1n) is 16.5. The maximum Gasteiger partial charge on any atom is 0.161 e. The first kappa shape index (κ1) is 28.6. The average molecular weight is 627 g/mol. The Morgan fingerprint density at radius 3 is 1.94 bits per heavy atom. The summed E-state index contributed by atoms with van der Waals surface area (Å²) in [5.74, 6) is 0.639. The fourth-order valence-corrected chi connectivity index (χ4v) is 6.73. The Kier molecular flexibility index (Phi) is 7.14. The summed E-state index contributed by atoms with van der Waals surface area (Å²) in [4.78, 5) is 10.4. The van der Waals surface area contributed by atoms with E-state index in [1.807, 2.05) is 54.6 Å². The smallest absolute Gasteiger partial charge is 0.161 e. The molecule has 49 heavy (non-hydrogen) atoms. The minimum absolute atomic E-state index is 0.639. The molecular weight excluding hydrogens is 597 g/mol. The van der Waals surface area contributed by atoms with Crippen LogP contribution in [0.3, 0.4) is 0 Å². The second-order valence-corrected chi connectivity index (χ2v) is 12.2. The summed E-state index contributed by atoms with van der Waals surface area (Å²) in [6.45, 7) is 0. The van der Waals surface area contributed by atoms with Crippen LogP contribution in [0.1, 0.15) is 16.7 Å². The fourth-order valence-electron chi connectivity index (χ4n) is 6.73. The number of amidine groups is 1. The van der Waals surface area contributed by atoms with E-state index in [1.54, 1.807) is 0 Å². The summed E-state index contributed by atoms with van der Waals surface area (Å²) in [6, 6.07) is 56.9. The highest BCUT2D eigenvalue weighted by molar-refractivity contribution is 6.24. The quantitative estimate of drug-likeness (QED) is 0.187. The van der Waals surface area contributed by atoms with Crippen molar-refractivity contribution in [1.29, 1.82) is 0 Å². The van der Waals surface area contributed by atoms with Gasteiger partial charge in [-0.25, -0.2) is 9.98 Å². The molecule has 0 amide bonds. The van der Waals surface area contributed by atoms with Gasteiger partial charge < -0.3 is 4.42 Å². The van der Waals surface area contributed by atoms with Crippen LogP contribution in [0.5, 0.6) is 0 Å². The largest absolute Gasteiger partial charge is 0.456 e. The number of fused-ring (bicyclic) bond motifs is 4. The van der Waals surface area contributed by atoms with Crippen molar-refractivity contribution < 1.29 is 4.42 Å². The Bertz CT molecular complexity index is 2580. The zero-order valence-electron chi connectivity index (χ0n) is 26.6. The third-order valence-electron chi connectivity index (χ3n) is 9.16. The predicted molar refractivity (Wildman–Crippen MR) is 205 cm³/mol. The summed E-state index contributed by atoms with van der Waals surface area (Å²) in [7, 11) is 0. The highest BCUT2D eigenvalue weighted by Gasteiger charge is 2.18. The van der Waals surface area contributed by atoms with Crippen LogP contribution in [0.25, 0.3) is 60.7 Å². The van der Waals surface area contributed by atoms with Crippen molar-refractivity contribution in [1.82, 2.24) is 0 Å². The third kappa shape index (κ3) is 5.38. The van der Waals surface area contributed by atoms with Crippen molar-refractivity contribution >= 4 is 50.0 Å². The van der Waals surface area contributed by atoms with Gasteiger partial charge in [-0.05, 0) is 63.4 Å². The number of hydrogen-bond acceptors (Lipinski definition) is 3. The molecule has 0 fully saturated rings. The monoisotopic (exact) mass is 626 g/mol. The molecule has 0 atom stereocenters. The molecule has 3 heteroatoms. The molecule has 1 aliphatic heterocycles. The molecule has 3 nitrogen and oxygen atoms in total. The van der Waals surface area contributed by atoms with Crippen LogP contribution in [-0.2, 0) is 0 Å². The van der Waals surface area contributed by atoms with Crippen molar-refractivity contribution in [3.8, 4) is 22.3 Å². The van der Waals surface area contributed by atoms with E-state index in [2.05, 4.69) is 127 Å². The molecule has 0 saturated carbocycles. The summed E-state index contributed by atoms with van der Waals surface area (Å²) in [5, 5.41) is 4.54. The van der Waals surface area contributed by atoms with Crippen molar-refractivity contribution in [2.45, 2.75) is 0 Å². The van der Waals surface area contributed by atoms with Gasteiger partial charge in [-0.15, -0.1) is 0 Å². The van der Waals surface area contributed by atoms with Gasteiger partial charge in [0.1, 0.15) is 11.2 Å². The topological polar surface area (TPSA) is 37.9 Å². The minimum Gasteiger partial charge on any atom is -0.456 e. The third-order valence-corrected chi connectivity index (χ3v) is 9.16. The zero-order valence-corrected chi connectivity index (χ0v) is 26.6. The fraction of sp³-hybridized carbons (Fsp3) is 0. The minimum atomic E-state index is 0.639. The summed E-state index contributed by atoms with van der Waals surface area (Å²) in [6.07, 6.45) is 6.13. The number of allylic oxidation sites excluding steroid dienone is 3. The molecule has 0 aliphatic carbocycles. The van der Waals surface area contributed by atoms with Gasteiger partial charge in [0.25, 0.3) is 0 Å². The standard InChI is InChI=1S/C46H30N2O/c1-3-13-34(14-4-1)41-21-11-22-42(35-15-5-2-6-16-35)48-46(47-41)40-20-10-23-43-45(40)39-29-28-36(30-44(39)49-43)31-24-26-33(27-25-31)38-19-9-17-32-12-7-8-18-37(32)38/h1-30H/b21-11+,22-11?,41-21?,42-22+,47-41+,47-46?,48-42?,48-46-. The van der Waals surface area contributed by atoms with E-state index in [-0.39, 0.29) is 0 Å². The van der Waals surface area contributed by atoms with Crippen LogP contribution in [0, 0.1) is 0 Å². The second-order valence-electron chi connectivity index (χ2n) is 12.2. The molecule has 0 saturated heterocycles. The number of nitrogens with zero attached hydrogens (tertiary/aromatic N) is 2. The van der Waals surface area contributed by atoms with Crippen LogP contribution in [0.4, 0.5) is 0 Å². The van der Waals surface area contributed by atoms with E-state index in [0.717, 1.165) is 61.2 Å². The number of rotatable bonds is 5. The lowest BCUT2D eigenvalue weighted by Gasteiger charge is -2.11. The lowest BCUT2D eigenvalue weighted by molar-refractivity contribution is 0.669. The van der Waals surface area contributed by atoms with Gasteiger partial charge in [-0.3, -0.25) is 0 Å². The SMILES string of the molecule is C1=C/C(c2ccccc2)=N\C(c2cccc3oc4cc(-c5ccc(-c6cccc7ccccc67)cc5)ccc4c23)=N/C(c2ccccc2)=C/1. The normalized spacial score (nSPS) is 17.0. The van der Waals surface area contributed by atoms with Gasteiger partial charge in [0.05, 0.1) is 11.4 Å². The molecule has 7 aromatic carbocycles. The molecule has 1 aromatic heterocycles. The summed E-state index contributed by atoms with van der Waals surface area (Å²) in [5.41, 5.74) is 11.0. The zero-order chi connectivity index (χ0) is 32.6. The summed E-state index contributed by atoms with van der Waals surface area (Å²) >= 11 is 0. The second kappa shape index (κ2) is 12.2. The van der Waals surface area contributed by atoms with Gasteiger partial charge in [0.2, 0.25) is 0 Å². The molecule has 0 unspecified atom stereocenters. The van der Waals surface area contributed by atoms with Crippen molar-refractivity contribution in [3.05, 3.63) is 199 Å². The van der Waals surface area contributed by atoms with Gasteiger partial charge in [-0.1, -0.05) is 152 Å². The molecule has 9 rings (SSSR count). The highest BCUT2D eigenvalue weighted by atomic mass is 16.3. The van der Waals surface area contributed by atoms with Crippen LogP contribution >= 0.6 is 0 Å². The lowest BCUT2D eigenvalue weighted by Crippen LogP contribution is -2.07. The number of benzene rings is 7. The first-order valence-corrected chi connectivity index (χ1v) is 16.5. The molecule has 230 valence electrons. The van der Waals surface area contributed by atoms with Crippen LogP contribution in [0.2, 0.25) is 0 Å². The molecule has 0 radical (unpaired) electrons. The molecule has 0 N–H and O–H groups in total. The molecule has 0 spiro atoms. The van der Waals surface area contributed by atoms with E-state index < -0.39 is 0 Å². The van der Waals surface area contributed by atoms with Crippen LogP contribution in [-0.4, -0.2) is 11.5 Å². The Balaban J connectivity index is 1.14. The molecule has 2 heterocycles. The maximum absolute atomic E-state index is 6.53. The Labute approximate surface area is 284 Å².